The summed E-state index contributed by atoms with van der Waals surface area (Å²) in [5.41, 5.74) is 3.53. The van der Waals surface area contributed by atoms with E-state index in [-0.39, 0.29) is 0 Å². The summed E-state index contributed by atoms with van der Waals surface area (Å²) in [7, 11) is 1.66. The molecule has 5 heteroatoms. The molecule has 1 N–H and O–H groups in total. The van der Waals surface area contributed by atoms with Crippen LogP contribution in [0.2, 0.25) is 0 Å². The van der Waals surface area contributed by atoms with E-state index in [0.717, 1.165) is 31.5 Å². The lowest BCUT2D eigenvalue weighted by Gasteiger charge is -2.28. The largest absolute Gasteiger partial charge is 0.481 e. The number of rotatable bonds is 3. The van der Waals surface area contributed by atoms with E-state index >= 15 is 0 Å². The summed E-state index contributed by atoms with van der Waals surface area (Å²) in [6.45, 7) is 1.86. The first kappa shape index (κ1) is 11.1. The summed E-state index contributed by atoms with van der Waals surface area (Å²) < 4.78 is 5.30. The quantitative estimate of drug-likeness (QED) is 0.894. The molecule has 0 radical (unpaired) electrons. The van der Waals surface area contributed by atoms with E-state index in [9.17, 15) is 0 Å². The summed E-state index contributed by atoms with van der Waals surface area (Å²) in [6, 6.07) is 4.00. The summed E-state index contributed by atoms with van der Waals surface area (Å²) in [4.78, 5) is 6.56. The number of methoxy groups -OCH3 is 1. The van der Waals surface area contributed by atoms with Crippen LogP contribution in [0.4, 0.5) is 5.69 Å². The molecule has 0 spiro atoms. The Morgan fingerprint density at radius 1 is 1.50 bits per heavy atom. The van der Waals surface area contributed by atoms with Crippen molar-refractivity contribution < 1.29 is 4.74 Å². The molecule has 18 heavy (non-hydrogen) atoms. The van der Waals surface area contributed by atoms with Crippen LogP contribution >= 0.6 is 0 Å². The van der Waals surface area contributed by atoms with Gasteiger partial charge in [0.1, 0.15) is 0 Å². The Balaban J connectivity index is 1.86. The minimum atomic E-state index is 0.702. The van der Waals surface area contributed by atoms with Crippen molar-refractivity contribution in [2.24, 2.45) is 0 Å². The van der Waals surface area contributed by atoms with Gasteiger partial charge in [-0.3, -0.25) is 5.10 Å². The van der Waals surface area contributed by atoms with Crippen molar-refractivity contribution in [2.75, 3.05) is 18.6 Å². The molecule has 0 amide bonds. The molecule has 5 nitrogen and oxygen atoms in total. The van der Waals surface area contributed by atoms with E-state index in [2.05, 4.69) is 26.1 Å². The molecule has 1 aliphatic rings. The second-order valence-corrected chi connectivity index (χ2v) is 4.43. The minimum absolute atomic E-state index is 0.702. The number of pyridine rings is 1. The van der Waals surface area contributed by atoms with Crippen LogP contribution in [0.5, 0.6) is 5.88 Å². The number of ether oxygens (including phenoxy) is 1. The van der Waals surface area contributed by atoms with Crippen molar-refractivity contribution in [1.82, 2.24) is 15.2 Å². The van der Waals surface area contributed by atoms with Gasteiger partial charge >= 0.3 is 0 Å². The highest BCUT2D eigenvalue weighted by atomic mass is 16.5. The Labute approximate surface area is 106 Å². The number of aryl methyl sites for hydroxylation is 1. The van der Waals surface area contributed by atoms with E-state index < -0.39 is 0 Å². The Bertz CT molecular complexity index is 537. The van der Waals surface area contributed by atoms with Crippen LogP contribution in [-0.4, -0.2) is 28.8 Å². The maximum absolute atomic E-state index is 5.30. The average Bonchev–Trinajstić information content (AvgIpc) is 2.89. The fraction of sp³-hybridized carbons (Fsp3) is 0.385. The van der Waals surface area contributed by atoms with Crippen molar-refractivity contribution in [1.29, 1.82) is 0 Å². The molecule has 3 heterocycles. The van der Waals surface area contributed by atoms with Crippen LogP contribution in [0.15, 0.2) is 24.5 Å². The summed E-state index contributed by atoms with van der Waals surface area (Å²) in [5.74, 6) is 0.702. The third kappa shape index (κ3) is 1.92. The first-order chi connectivity index (χ1) is 8.88. The van der Waals surface area contributed by atoms with E-state index in [1.165, 1.54) is 11.4 Å². The number of anilines is 1. The van der Waals surface area contributed by atoms with E-state index in [0.29, 0.717) is 5.88 Å². The number of aromatic amines is 1. The second-order valence-electron chi connectivity index (χ2n) is 4.43. The molecule has 2 aromatic rings. The smallest absolute Gasteiger partial charge is 0.218 e. The molecule has 0 atom stereocenters. The number of nitrogens with one attached hydrogen (secondary N) is 1. The summed E-state index contributed by atoms with van der Waals surface area (Å²) in [6.07, 6.45) is 5.88. The molecule has 0 fully saturated rings. The highest BCUT2D eigenvalue weighted by Crippen LogP contribution is 2.27. The van der Waals surface area contributed by atoms with Gasteiger partial charge in [-0.1, -0.05) is 6.07 Å². The molecule has 0 aliphatic carbocycles. The first-order valence-electron chi connectivity index (χ1n) is 6.13. The molecular weight excluding hydrogens is 228 g/mol. The van der Waals surface area contributed by atoms with Crippen molar-refractivity contribution in [3.63, 3.8) is 0 Å². The summed E-state index contributed by atoms with van der Waals surface area (Å²) >= 11 is 0. The lowest BCUT2D eigenvalue weighted by Crippen LogP contribution is -2.28. The Morgan fingerprint density at radius 3 is 3.33 bits per heavy atom. The van der Waals surface area contributed by atoms with Gasteiger partial charge in [0.15, 0.2) is 0 Å². The predicted molar refractivity (Wildman–Crippen MR) is 68.7 cm³/mol. The maximum atomic E-state index is 5.30. The first-order valence-corrected chi connectivity index (χ1v) is 6.13. The third-order valence-electron chi connectivity index (χ3n) is 3.30. The summed E-state index contributed by atoms with van der Waals surface area (Å²) in [5, 5.41) is 7.19. The van der Waals surface area contributed by atoms with Crippen LogP contribution in [-0.2, 0) is 13.0 Å². The van der Waals surface area contributed by atoms with Crippen molar-refractivity contribution in [3.8, 4) is 5.88 Å². The molecule has 1 aliphatic heterocycles. The topological polar surface area (TPSA) is 54.0 Å². The van der Waals surface area contributed by atoms with Crippen LogP contribution in [0.3, 0.4) is 0 Å². The highest BCUT2D eigenvalue weighted by Gasteiger charge is 2.19. The van der Waals surface area contributed by atoms with Gasteiger partial charge in [-0.2, -0.15) is 5.10 Å². The Hall–Kier alpha value is -2.04. The molecular formula is C13H16N4O. The SMILES string of the molecule is COc1ncccc1CN1CCCc2[nH]ncc21. The molecule has 0 saturated carbocycles. The van der Waals surface area contributed by atoms with Gasteiger partial charge in [-0.15, -0.1) is 0 Å². The highest BCUT2D eigenvalue weighted by molar-refractivity contribution is 5.51. The van der Waals surface area contributed by atoms with Crippen LogP contribution < -0.4 is 9.64 Å². The molecule has 0 unspecified atom stereocenters. The van der Waals surface area contributed by atoms with Gasteiger partial charge in [0.25, 0.3) is 0 Å². The minimum Gasteiger partial charge on any atom is -0.481 e. The van der Waals surface area contributed by atoms with E-state index in [1.54, 1.807) is 13.3 Å². The zero-order valence-corrected chi connectivity index (χ0v) is 10.4. The van der Waals surface area contributed by atoms with Crippen molar-refractivity contribution >= 4 is 5.69 Å². The van der Waals surface area contributed by atoms with Gasteiger partial charge in [0, 0.05) is 24.8 Å². The zero-order valence-electron chi connectivity index (χ0n) is 10.4. The van der Waals surface area contributed by atoms with Gasteiger partial charge in [0.2, 0.25) is 5.88 Å². The molecule has 94 valence electrons. The Morgan fingerprint density at radius 2 is 2.44 bits per heavy atom. The zero-order chi connectivity index (χ0) is 12.4. The van der Waals surface area contributed by atoms with Gasteiger partial charge in [0.05, 0.1) is 24.7 Å². The van der Waals surface area contributed by atoms with E-state index in [4.69, 9.17) is 4.74 Å². The lowest BCUT2D eigenvalue weighted by atomic mass is 10.1. The number of aromatic nitrogens is 3. The standard InChI is InChI=1S/C13H16N4O/c1-18-13-10(4-2-6-14-13)9-17-7-3-5-11-12(17)8-15-16-11/h2,4,6,8H,3,5,7,9H2,1H3,(H,15,16). The van der Waals surface area contributed by atoms with Crippen LogP contribution in [0.25, 0.3) is 0 Å². The lowest BCUT2D eigenvalue weighted by molar-refractivity contribution is 0.392. The normalized spacial score (nSPS) is 14.4. The number of nitrogens with zero attached hydrogens (tertiary/aromatic N) is 3. The number of fused-ring (bicyclic) bond motifs is 1. The number of H-pyrrole nitrogens is 1. The van der Waals surface area contributed by atoms with Crippen molar-refractivity contribution in [2.45, 2.75) is 19.4 Å². The molecule has 0 saturated heterocycles. The molecule has 0 aromatic carbocycles. The fourth-order valence-electron chi connectivity index (χ4n) is 2.43. The van der Waals surface area contributed by atoms with Gasteiger partial charge in [-0.25, -0.2) is 4.98 Å². The molecule has 2 aromatic heterocycles. The number of hydrogen-bond acceptors (Lipinski definition) is 4. The fourth-order valence-corrected chi connectivity index (χ4v) is 2.43. The monoisotopic (exact) mass is 244 g/mol. The predicted octanol–water partition coefficient (Wildman–Crippen LogP) is 1.77. The van der Waals surface area contributed by atoms with Gasteiger partial charge in [-0.05, 0) is 18.9 Å². The van der Waals surface area contributed by atoms with Crippen molar-refractivity contribution in [3.05, 3.63) is 35.8 Å². The average molecular weight is 244 g/mol. The van der Waals surface area contributed by atoms with Crippen LogP contribution in [0, 0.1) is 0 Å². The van der Waals surface area contributed by atoms with Crippen LogP contribution in [0.1, 0.15) is 17.7 Å². The second kappa shape index (κ2) is 4.68. The maximum Gasteiger partial charge on any atom is 0.218 e. The van der Waals surface area contributed by atoms with Gasteiger partial charge < -0.3 is 9.64 Å². The molecule has 3 rings (SSSR count). The Kier molecular flexibility index (Phi) is 2.88. The third-order valence-corrected chi connectivity index (χ3v) is 3.30. The molecule has 0 bridgehead atoms. The van der Waals surface area contributed by atoms with E-state index in [1.807, 2.05) is 12.3 Å². The number of hydrogen-bond donors (Lipinski definition) is 1.